The minimum absolute atomic E-state index is 0.0165. The van der Waals surface area contributed by atoms with Gasteiger partial charge < -0.3 is 72.7 Å². The first-order valence-corrected chi connectivity index (χ1v) is 11.2. The van der Waals surface area contributed by atoms with Crippen molar-refractivity contribution in [2.24, 2.45) is 22.9 Å². The Labute approximate surface area is 196 Å². The Morgan fingerprint density at radius 3 is 2.15 bits per heavy atom. The summed E-state index contributed by atoms with van der Waals surface area (Å²) in [4.78, 5) is 11.2. The number of nitrogens with one attached hydrogen (secondary N) is 1. The van der Waals surface area contributed by atoms with Crippen molar-refractivity contribution in [3.05, 3.63) is 0 Å². The Bertz CT molecular complexity index is 665. The van der Waals surface area contributed by atoms with Gasteiger partial charge in [0.05, 0.1) is 36.9 Å². The molecule has 34 heavy (non-hydrogen) atoms. The summed E-state index contributed by atoms with van der Waals surface area (Å²) in [6, 6.07) is -3.51. The smallest absolute Gasteiger partial charge is 0.207 e. The molecule has 0 radical (unpaired) electrons. The van der Waals surface area contributed by atoms with Crippen molar-refractivity contribution in [3.63, 3.8) is 0 Å². The Balaban J connectivity index is 1.76. The van der Waals surface area contributed by atoms with Crippen LogP contribution in [0.15, 0.2) is 0 Å². The molecule has 15 nitrogen and oxygen atoms in total. The van der Waals surface area contributed by atoms with Crippen molar-refractivity contribution >= 4 is 6.41 Å². The van der Waals surface area contributed by atoms with Gasteiger partial charge in [0, 0.05) is 12.6 Å². The Morgan fingerprint density at radius 2 is 1.53 bits per heavy atom. The van der Waals surface area contributed by atoms with E-state index in [1.807, 2.05) is 0 Å². The van der Waals surface area contributed by atoms with Crippen molar-refractivity contribution in [2.45, 2.75) is 98.4 Å². The fourth-order valence-corrected chi connectivity index (χ4v) is 4.64. The average molecular weight is 496 g/mol. The van der Waals surface area contributed by atoms with E-state index in [1.165, 1.54) is 0 Å². The summed E-state index contributed by atoms with van der Waals surface area (Å²) < 4.78 is 22.8. The quantitative estimate of drug-likeness (QED) is 0.140. The molecule has 14 atom stereocenters. The van der Waals surface area contributed by atoms with Crippen LogP contribution in [0.25, 0.3) is 0 Å². The third-order valence-electron chi connectivity index (χ3n) is 6.65. The SMILES string of the molecule is NC[C@H]1O[C@H](O[C@H]2[C@H](O)[C@@H](O[C@H]3O[C@H](CO)[C@@H](O)[C@H](N)[C@H]3O)[C@H](N)C[C@@H]2NC=O)[C@H](N)C[C@@H]1O. The van der Waals surface area contributed by atoms with Crippen LogP contribution in [-0.4, -0.2) is 131 Å². The molecule has 0 aromatic carbocycles. The summed E-state index contributed by atoms with van der Waals surface area (Å²) in [5.41, 5.74) is 23.7. The molecule has 3 fully saturated rings. The lowest BCUT2D eigenvalue weighted by Crippen LogP contribution is -2.68. The van der Waals surface area contributed by atoms with E-state index in [4.69, 9.17) is 41.9 Å². The molecular formula is C19H37N5O10. The molecule has 2 saturated heterocycles. The van der Waals surface area contributed by atoms with Crippen LogP contribution in [0, 0.1) is 0 Å². The third-order valence-corrected chi connectivity index (χ3v) is 6.65. The first-order valence-electron chi connectivity index (χ1n) is 11.2. The van der Waals surface area contributed by atoms with E-state index < -0.39 is 92.2 Å². The Hall–Kier alpha value is -1.05. The van der Waals surface area contributed by atoms with Gasteiger partial charge in [-0.25, -0.2) is 0 Å². The molecule has 2 heterocycles. The molecule has 3 aliphatic rings. The fourth-order valence-electron chi connectivity index (χ4n) is 4.64. The van der Waals surface area contributed by atoms with Crippen LogP contribution >= 0.6 is 0 Å². The summed E-state index contributed by atoms with van der Waals surface area (Å²) >= 11 is 0. The number of amides is 1. The lowest BCUT2D eigenvalue weighted by atomic mass is 9.83. The maximum atomic E-state index is 11.2. The molecule has 0 bridgehead atoms. The van der Waals surface area contributed by atoms with Gasteiger partial charge in [0.15, 0.2) is 12.6 Å². The first-order chi connectivity index (χ1) is 16.1. The van der Waals surface area contributed by atoms with Crippen LogP contribution in [0.5, 0.6) is 0 Å². The zero-order valence-electron chi connectivity index (χ0n) is 18.6. The summed E-state index contributed by atoms with van der Waals surface area (Å²) in [5, 5.41) is 53.6. The lowest BCUT2D eigenvalue weighted by Gasteiger charge is -2.48. The highest BCUT2D eigenvalue weighted by Gasteiger charge is 2.50. The van der Waals surface area contributed by atoms with E-state index in [2.05, 4.69) is 5.32 Å². The molecular weight excluding hydrogens is 458 g/mol. The molecule has 1 amide bonds. The van der Waals surface area contributed by atoms with E-state index in [9.17, 15) is 30.3 Å². The van der Waals surface area contributed by atoms with E-state index in [0.29, 0.717) is 6.41 Å². The number of ether oxygens (including phenoxy) is 4. The normalized spacial score (nSPS) is 50.0. The van der Waals surface area contributed by atoms with Crippen LogP contribution in [0.2, 0.25) is 0 Å². The van der Waals surface area contributed by atoms with Crippen LogP contribution in [0.1, 0.15) is 12.8 Å². The molecule has 0 aromatic heterocycles. The van der Waals surface area contributed by atoms with Gasteiger partial charge in [0.1, 0.15) is 36.6 Å². The van der Waals surface area contributed by atoms with Crippen LogP contribution in [-0.2, 0) is 23.7 Å². The number of aliphatic hydroxyl groups is 5. The lowest BCUT2D eigenvalue weighted by molar-refractivity contribution is -0.315. The number of rotatable bonds is 8. The van der Waals surface area contributed by atoms with E-state index in [-0.39, 0.29) is 19.4 Å². The average Bonchev–Trinajstić information content (AvgIpc) is 2.80. The van der Waals surface area contributed by atoms with Gasteiger partial charge in [-0.3, -0.25) is 4.79 Å². The highest BCUT2D eigenvalue weighted by Crippen LogP contribution is 2.31. The van der Waals surface area contributed by atoms with Crippen molar-refractivity contribution in [1.82, 2.24) is 5.32 Å². The molecule has 3 rings (SSSR count). The number of hydrogen-bond acceptors (Lipinski definition) is 14. The second-order valence-corrected chi connectivity index (χ2v) is 9.01. The third kappa shape index (κ3) is 5.67. The highest BCUT2D eigenvalue weighted by molar-refractivity contribution is 5.47. The Kier molecular flexibility index (Phi) is 9.55. The monoisotopic (exact) mass is 495 g/mol. The van der Waals surface area contributed by atoms with Crippen molar-refractivity contribution in [1.29, 1.82) is 0 Å². The topological polar surface area (TPSA) is 271 Å². The summed E-state index contributed by atoms with van der Waals surface area (Å²) in [6.07, 6.45) is -11.0. The van der Waals surface area contributed by atoms with Crippen LogP contribution in [0.4, 0.5) is 0 Å². The predicted molar refractivity (Wildman–Crippen MR) is 113 cm³/mol. The Morgan fingerprint density at radius 1 is 0.882 bits per heavy atom. The molecule has 1 saturated carbocycles. The largest absolute Gasteiger partial charge is 0.394 e. The van der Waals surface area contributed by atoms with Gasteiger partial charge in [0.2, 0.25) is 6.41 Å². The van der Waals surface area contributed by atoms with Gasteiger partial charge in [-0.05, 0) is 12.8 Å². The number of aliphatic hydroxyl groups excluding tert-OH is 5. The molecule has 0 spiro atoms. The number of carbonyl (C=O) groups is 1. The van der Waals surface area contributed by atoms with E-state index in [1.54, 1.807) is 0 Å². The molecule has 198 valence electrons. The number of carbonyl (C=O) groups excluding carboxylic acids is 1. The maximum absolute atomic E-state index is 11.2. The summed E-state index contributed by atoms with van der Waals surface area (Å²) in [6.45, 7) is -0.564. The fraction of sp³-hybridized carbons (Fsp3) is 0.947. The predicted octanol–water partition coefficient (Wildman–Crippen LogP) is -6.51. The van der Waals surface area contributed by atoms with Gasteiger partial charge >= 0.3 is 0 Å². The molecule has 15 heteroatoms. The zero-order valence-corrected chi connectivity index (χ0v) is 18.6. The maximum Gasteiger partial charge on any atom is 0.207 e. The zero-order chi connectivity index (χ0) is 25.2. The van der Waals surface area contributed by atoms with Gasteiger partial charge in [-0.2, -0.15) is 0 Å². The highest BCUT2D eigenvalue weighted by atomic mass is 16.7. The van der Waals surface area contributed by atoms with Crippen LogP contribution in [0.3, 0.4) is 0 Å². The minimum Gasteiger partial charge on any atom is -0.394 e. The number of nitrogens with two attached hydrogens (primary N) is 4. The van der Waals surface area contributed by atoms with E-state index in [0.717, 1.165) is 0 Å². The van der Waals surface area contributed by atoms with Crippen molar-refractivity contribution < 1.29 is 49.3 Å². The second kappa shape index (κ2) is 11.8. The molecule has 14 N–H and O–H groups in total. The second-order valence-electron chi connectivity index (χ2n) is 9.01. The molecule has 0 unspecified atom stereocenters. The summed E-state index contributed by atoms with van der Waals surface area (Å²) in [7, 11) is 0. The molecule has 1 aliphatic carbocycles. The summed E-state index contributed by atoms with van der Waals surface area (Å²) in [5.74, 6) is 0. The molecule has 2 aliphatic heterocycles. The van der Waals surface area contributed by atoms with Crippen molar-refractivity contribution in [2.75, 3.05) is 13.2 Å². The van der Waals surface area contributed by atoms with E-state index >= 15 is 0 Å². The van der Waals surface area contributed by atoms with Crippen molar-refractivity contribution in [3.8, 4) is 0 Å². The molecule has 0 aromatic rings. The van der Waals surface area contributed by atoms with Gasteiger partial charge in [-0.15, -0.1) is 0 Å². The standard InChI is InChI=1S/C19H37N5O10/c20-3-10-9(27)2-7(22)18(31-10)34-17-8(24-5-26)1-6(21)16(15(17)30)33-19-14(29)12(23)13(28)11(4-25)32-19/h5-19,25,27-30H,1-4,20-23H2,(H,24,26)/t6-,7-,8+,9+,10-,11-,12+,13-,14-,15-,16+,17-,18-,19-/m1/s1. The van der Waals surface area contributed by atoms with Crippen LogP contribution < -0.4 is 28.3 Å². The van der Waals surface area contributed by atoms with Gasteiger partial charge in [0.25, 0.3) is 0 Å². The number of hydrogen-bond donors (Lipinski definition) is 10. The van der Waals surface area contributed by atoms with Gasteiger partial charge in [-0.1, -0.05) is 0 Å². The minimum atomic E-state index is -1.48. The first kappa shape index (κ1) is 27.5.